The van der Waals surface area contributed by atoms with Crippen molar-refractivity contribution in [2.24, 2.45) is 0 Å². The molecule has 0 bridgehead atoms. The van der Waals surface area contributed by atoms with E-state index in [9.17, 15) is 0 Å². The van der Waals surface area contributed by atoms with Gasteiger partial charge in [-0.15, -0.1) is 0 Å². The van der Waals surface area contributed by atoms with Gasteiger partial charge in [-0.2, -0.15) is 0 Å². The minimum atomic E-state index is -0.878. The van der Waals surface area contributed by atoms with E-state index in [2.05, 4.69) is 0 Å². The van der Waals surface area contributed by atoms with Gasteiger partial charge in [-0.3, -0.25) is 0 Å². The maximum atomic E-state index is 6.86. The molecule has 12 heteroatoms. The zero-order valence-corrected chi connectivity index (χ0v) is 33.1. The van der Waals surface area contributed by atoms with E-state index in [1.165, 1.54) is 0 Å². The summed E-state index contributed by atoms with van der Waals surface area (Å²) in [4.78, 5) is 0. The first-order valence-electron chi connectivity index (χ1n) is 18.8. The maximum Gasteiger partial charge on any atom is 0.187 e. The van der Waals surface area contributed by atoms with Crippen molar-refractivity contribution >= 4 is 0 Å². The van der Waals surface area contributed by atoms with Crippen LogP contribution in [0.4, 0.5) is 0 Å². The summed E-state index contributed by atoms with van der Waals surface area (Å²) in [6.07, 6.45) is -3.84. The van der Waals surface area contributed by atoms with Crippen LogP contribution in [0.15, 0.2) is 97.1 Å². The van der Waals surface area contributed by atoms with Crippen molar-refractivity contribution in [1.29, 1.82) is 0 Å². The molecule has 0 aromatic heterocycles. The predicted octanol–water partition coefficient (Wildman–Crippen LogP) is 6.89. The van der Waals surface area contributed by atoms with E-state index in [1.54, 1.807) is 28.4 Å². The van der Waals surface area contributed by atoms with Gasteiger partial charge >= 0.3 is 0 Å². The highest BCUT2D eigenvalue weighted by molar-refractivity contribution is 5.29. The lowest BCUT2D eigenvalue weighted by Crippen LogP contribution is -2.62. The third-order valence-electron chi connectivity index (χ3n) is 9.62. The highest BCUT2D eigenvalue weighted by Crippen LogP contribution is 2.33. The molecule has 0 unspecified atom stereocenters. The summed E-state index contributed by atoms with van der Waals surface area (Å²) >= 11 is 0. The van der Waals surface area contributed by atoms with Crippen LogP contribution in [0.1, 0.15) is 36.1 Å². The van der Waals surface area contributed by atoms with E-state index in [-0.39, 0.29) is 39.1 Å². The van der Waals surface area contributed by atoms with Crippen molar-refractivity contribution in [1.82, 2.24) is 0 Å². The Labute approximate surface area is 329 Å². The van der Waals surface area contributed by atoms with Crippen LogP contribution in [0.2, 0.25) is 0 Å². The second kappa shape index (κ2) is 20.3. The first-order chi connectivity index (χ1) is 27.2. The van der Waals surface area contributed by atoms with Gasteiger partial charge in [0.05, 0.1) is 74.7 Å². The maximum absolute atomic E-state index is 6.86. The standard InChI is InChI=1S/C44H54O12/c1-44(2)54-28-38(56-44)27-53-43-42(52-26-33-13-21-37(48-6)22-14-33)41(51-25-32-11-19-36(47-5)20-12-32)40(50-24-31-9-17-35(46-4)18-10-31)39(55-43)29-49-23-30-7-15-34(45-3)16-8-30/h7-22,38-43H,23-29H2,1-6H3/t38-,39+,40+,41-,42+,43+/m0/s1. The summed E-state index contributed by atoms with van der Waals surface area (Å²) in [7, 11) is 6.57. The van der Waals surface area contributed by atoms with Crippen molar-refractivity contribution in [3.63, 3.8) is 0 Å². The lowest BCUT2D eigenvalue weighted by molar-refractivity contribution is -0.331. The Bertz CT molecular complexity index is 1730. The first kappa shape index (κ1) is 41.4. The Morgan fingerprint density at radius 1 is 0.500 bits per heavy atom. The third kappa shape index (κ3) is 11.7. The Balaban J connectivity index is 1.30. The van der Waals surface area contributed by atoms with Crippen LogP contribution < -0.4 is 18.9 Å². The minimum absolute atomic E-state index is 0.183. The molecule has 0 spiro atoms. The molecule has 4 aromatic carbocycles. The Morgan fingerprint density at radius 3 is 1.32 bits per heavy atom. The summed E-state index contributed by atoms with van der Waals surface area (Å²) in [5, 5.41) is 0. The van der Waals surface area contributed by atoms with Crippen LogP contribution in [0, 0.1) is 0 Å². The molecule has 2 saturated heterocycles. The monoisotopic (exact) mass is 774 g/mol. The summed E-state index contributed by atoms with van der Waals surface area (Å²) in [5.74, 6) is 2.32. The molecule has 2 heterocycles. The van der Waals surface area contributed by atoms with Crippen LogP contribution in [0.25, 0.3) is 0 Å². The molecular weight excluding hydrogens is 720 g/mol. The lowest BCUT2D eigenvalue weighted by atomic mass is 9.97. The molecule has 6 rings (SSSR count). The number of methoxy groups -OCH3 is 4. The van der Waals surface area contributed by atoms with E-state index in [0.717, 1.165) is 45.3 Å². The fourth-order valence-corrected chi connectivity index (χ4v) is 6.52. The molecule has 6 atom stereocenters. The number of ether oxygens (including phenoxy) is 12. The molecule has 12 nitrogen and oxygen atoms in total. The van der Waals surface area contributed by atoms with Gasteiger partial charge in [-0.05, 0) is 84.6 Å². The van der Waals surface area contributed by atoms with Crippen LogP contribution in [-0.4, -0.2) is 90.9 Å². The molecule has 0 amide bonds. The van der Waals surface area contributed by atoms with E-state index in [0.29, 0.717) is 13.2 Å². The summed E-state index contributed by atoms with van der Waals surface area (Å²) in [6, 6.07) is 31.0. The Kier molecular flexibility index (Phi) is 15.0. The third-order valence-corrected chi connectivity index (χ3v) is 9.62. The first-order valence-corrected chi connectivity index (χ1v) is 18.8. The average Bonchev–Trinajstić information content (AvgIpc) is 3.59. The summed E-state index contributed by atoms with van der Waals surface area (Å²) < 4.78 is 73.5. The normalized spacial score (nSPS) is 23.1. The van der Waals surface area contributed by atoms with Gasteiger partial charge in [0.2, 0.25) is 0 Å². The Morgan fingerprint density at radius 2 is 0.911 bits per heavy atom. The molecule has 4 aromatic rings. The SMILES string of the molecule is COc1ccc(COC[C@H]2O[C@@H](OC[C@H]3COC(C)(C)O3)[C@H](OCc3ccc(OC)cc3)[C@@H](OCc3ccc(OC)cc3)[C@@H]2OCc2ccc(OC)cc2)cc1. The van der Waals surface area contributed by atoms with Gasteiger partial charge in [0.1, 0.15) is 53.5 Å². The summed E-state index contributed by atoms with van der Waals surface area (Å²) in [5.41, 5.74) is 3.82. The molecule has 56 heavy (non-hydrogen) atoms. The quantitative estimate of drug-likeness (QED) is 0.0933. The van der Waals surface area contributed by atoms with E-state index >= 15 is 0 Å². The predicted molar refractivity (Wildman–Crippen MR) is 207 cm³/mol. The number of hydrogen-bond acceptors (Lipinski definition) is 12. The van der Waals surface area contributed by atoms with E-state index < -0.39 is 36.5 Å². The molecule has 0 saturated carbocycles. The molecule has 2 aliphatic heterocycles. The largest absolute Gasteiger partial charge is 0.497 e. The number of hydrogen-bond donors (Lipinski definition) is 0. The van der Waals surface area contributed by atoms with Crippen molar-refractivity contribution in [3.8, 4) is 23.0 Å². The molecular formula is C44H54O12. The van der Waals surface area contributed by atoms with Crippen molar-refractivity contribution in [3.05, 3.63) is 119 Å². The number of rotatable bonds is 20. The fraction of sp³-hybridized carbons (Fsp3) is 0.455. The van der Waals surface area contributed by atoms with E-state index in [1.807, 2.05) is 111 Å². The van der Waals surface area contributed by atoms with Gasteiger partial charge in [-0.25, -0.2) is 0 Å². The van der Waals surface area contributed by atoms with Crippen LogP contribution >= 0.6 is 0 Å². The molecule has 2 aliphatic rings. The molecule has 0 aliphatic carbocycles. The second-order valence-corrected chi connectivity index (χ2v) is 14.1. The van der Waals surface area contributed by atoms with Crippen LogP contribution in [0.3, 0.4) is 0 Å². The van der Waals surface area contributed by atoms with Crippen molar-refractivity contribution < 1.29 is 56.8 Å². The van der Waals surface area contributed by atoms with Gasteiger partial charge in [0.15, 0.2) is 12.1 Å². The zero-order valence-electron chi connectivity index (χ0n) is 33.1. The molecule has 2 fully saturated rings. The number of benzene rings is 4. The highest BCUT2D eigenvalue weighted by atomic mass is 16.8. The lowest BCUT2D eigenvalue weighted by Gasteiger charge is -2.46. The van der Waals surface area contributed by atoms with Gasteiger partial charge in [0, 0.05) is 0 Å². The van der Waals surface area contributed by atoms with Gasteiger partial charge < -0.3 is 56.8 Å². The van der Waals surface area contributed by atoms with Gasteiger partial charge in [0.25, 0.3) is 0 Å². The molecule has 302 valence electrons. The average molecular weight is 775 g/mol. The summed E-state index contributed by atoms with van der Waals surface area (Å²) in [6.45, 7) is 5.67. The van der Waals surface area contributed by atoms with E-state index in [4.69, 9.17) is 56.8 Å². The van der Waals surface area contributed by atoms with Crippen molar-refractivity contribution in [2.75, 3.05) is 48.3 Å². The topological polar surface area (TPSA) is 111 Å². The molecule has 0 N–H and O–H groups in total. The van der Waals surface area contributed by atoms with Crippen LogP contribution in [0.5, 0.6) is 23.0 Å². The fourth-order valence-electron chi connectivity index (χ4n) is 6.52. The minimum Gasteiger partial charge on any atom is -0.497 e. The molecule has 0 radical (unpaired) electrons. The zero-order chi connectivity index (χ0) is 39.3. The highest BCUT2D eigenvalue weighted by Gasteiger charge is 2.49. The van der Waals surface area contributed by atoms with Gasteiger partial charge in [-0.1, -0.05) is 48.5 Å². The Hall–Kier alpha value is -4.24. The smallest absolute Gasteiger partial charge is 0.187 e. The second-order valence-electron chi connectivity index (χ2n) is 14.1. The van der Waals surface area contributed by atoms with Crippen molar-refractivity contribution in [2.45, 2.75) is 82.9 Å². The van der Waals surface area contributed by atoms with Crippen LogP contribution in [-0.2, 0) is 64.3 Å².